The van der Waals surface area contributed by atoms with Crippen molar-refractivity contribution in [1.82, 2.24) is 16.1 Å². The van der Waals surface area contributed by atoms with E-state index in [4.69, 9.17) is 23.7 Å². The average Bonchev–Trinajstić information content (AvgIpc) is 2.94. The first-order chi connectivity index (χ1) is 19.1. The summed E-state index contributed by atoms with van der Waals surface area (Å²) in [5, 5.41) is 20.4. The largest absolute Gasteiger partial charge is 0.493 e. The molecule has 1 heterocycles. The van der Waals surface area contributed by atoms with Crippen LogP contribution in [0, 0.1) is 10.1 Å². The lowest BCUT2D eigenvalue weighted by Gasteiger charge is -2.28. The highest BCUT2D eigenvalue weighted by atomic mass is 16.6. The van der Waals surface area contributed by atoms with Crippen LogP contribution in [0.3, 0.4) is 0 Å². The number of urea groups is 1. The molecule has 3 amide bonds. The SMILES string of the molecule is COC(=O)C1=C(C)NC(=O)NC1c1ccc(OCC(=O)NN=Cc2cc(OC)c(OC)cc2[N+](=O)[O-])c(OC)c1. The molecule has 1 aliphatic rings. The fourth-order valence-electron chi connectivity index (χ4n) is 3.80. The molecular weight excluding hydrogens is 530 g/mol. The third-order valence-corrected chi connectivity index (χ3v) is 5.68. The van der Waals surface area contributed by atoms with Crippen LogP contribution in [0.5, 0.6) is 23.0 Å². The van der Waals surface area contributed by atoms with Crippen LogP contribution in [0.4, 0.5) is 10.5 Å². The van der Waals surface area contributed by atoms with Crippen molar-refractivity contribution in [3.63, 3.8) is 0 Å². The van der Waals surface area contributed by atoms with Gasteiger partial charge in [0.05, 0.1) is 62.8 Å². The molecule has 0 bridgehead atoms. The Bertz CT molecular complexity index is 1390. The molecule has 1 atom stereocenters. The lowest BCUT2D eigenvalue weighted by molar-refractivity contribution is -0.385. The molecule has 0 saturated heterocycles. The maximum atomic E-state index is 12.3. The van der Waals surface area contributed by atoms with Gasteiger partial charge in [0, 0.05) is 5.70 Å². The van der Waals surface area contributed by atoms with Crippen LogP contribution in [-0.2, 0) is 14.3 Å². The van der Waals surface area contributed by atoms with Gasteiger partial charge < -0.3 is 34.3 Å². The molecule has 2 aromatic carbocycles. The molecule has 15 heteroatoms. The van der Waals surface area contributed by atoms with Crippen LogP contribution in [-0.4, -0.2) is 64.1 Å². The Labute approximate surface area is 228 Å². The zero-order valence-electron chi connectivity index (χ0n) is 22.2. The second-order valence-corrected chi connectivity index (χ2v) is 8.08. The summed E-state index contributed by atoms with van der Waals surface area (Å²) in [5.41, 5.74) is 3.05. The molecule has 212 valence electrons. The van der Waals surface area contributed by atoms with Crippen LogP contribution in [0.2, 0.25) is 0 Å². The van der Waals surface area contributed by atoms with Crippen LogP contribution < -0.4 is 35.0 Å². The van der Waals surface area contributed by atoms with Crippen LogP contribution in [0.15, 0.2) is 46.7 Å². The number of rotatable bonds is 11. The van der Waals surface area contributed by atoms with Crippen molar-refractivity contribution in [2.24, 2.45) is 5.10 Å². The van der Waals surface area contributed by atoms with Crippen LogP contribution >= 0.6 is 0 Å². The fourth-order valence-corrected chi connectivity index (χ4v) is 3.80. The third kappa shape index (κ3) is 6.56. The zero-order valence-corrected chi connectivity index (χ0v) is 22.2. The van der Waals surface area contributed by atoms with Crippen molar-refractivity contribution in [3.8, 4) is 23.0 Å². The summed E-state index contributed by atoms with van der Waals surface area (Å²) in [4.78, 5) is 47.5. The smallest absolute Gasteiger partial charge is 0.337 e. The number of hydrogen-bond acceptors (Lipinski definition) is 11. The molecule has 1 aliphatic heterocycles. The number of nitrogens with zero attached hydrogens (tertiary/aromatic N) is 2. The number of allylic oxidation sites excluding steroid dienone is 1. The van der Waals surface area contributed by atoms with Crippen molar-refractivity contribution >= 4 is 29.8 Å². The van der Waals surface area contributed by atoms with E-state index in [1.54, 1.807) is 19.1 Å². The molecular formula is C25H27N5O10. The molecule has 15 nitrogen and oxygen atoms in total. The van der Waals surface area contributed by atoms with Crippen molar-refractivity contribution < 1.29 is 43.0 Å². The van der Waals surface area contributed by atoms with Crippen LogP contribution in [0.1, 0.15) is 24.1 Å². The van der Waals surface area contributed by atoms with E-state index in [1.807, 2.05) is 0 Å². The number of nitro groups is 1. The number of amides is 3. The molecule has 0 aliphatic carbocycles. The molecule has 2 aromatic rings. The van der Waals surface area contributed by atoms with E-state index in [2.05, 4.69) is 21.2 Å². The molecule has 0 radical (unpaired) electrons. The van der Waals surface area contributed by atoms with Gasteiger partial charge in [-0.1, -0.05) is 6.07 Å². The van der Waals surface area contributed by atoms with E-state index in [9.17, 15) is 24.5 Å². The minimum absolute atomic E-state index is 0.0711. The second kappa shape index (κ2) is 12.9. The van der Waals surface area contributed by atoms with Gasteiger partial charge in [-0.25, -0.2) is 15.0 Å². The Morgan fingerprint density at radius 3 is 2.33 bits per heavy atom. The van der Waals surface area contributed by atoms with Gasteiger partial charge in [-0.3, -0.25) is 14.9 Å². The average molecular weight is 558 g/mol. The number of ether oxygens (including phenoxy) is 5. The highest BCUT2D eigenvalue weighted by Gasteiger charge is 2.32. The summed E-state index contributed by atoms with van der Waals surface area (Å²) in [6.45, 7) is 1.11. The maximum Gasteiger partial charge on any atom is 0.337 e. The van der Waals surface area contributed by atoms with Gasteiger partial charge in [0.15, 0.2) is 29.6 Å². The molecule has 3 N–H and O–H groups in total. The molecule has 0 saturated carbocycles. The third-order valence-electron chi connectivity index (χ3n) is 5.68. The molecule has 3 rings (SSSR count). The number of nitrogens with one attached hydrogen (secondary N) is 3. The summed E-state index contributed by atoms with van der Waals surface area (Å²) in [6, 6.07) is 5.87. The first kappa shape index (κ1) is 29.2. The lowest BCUT2D eigenvalue weighted by Crippen LogP contribution is -2.45. The number of methoxy groups -OCH3 is 4. The highest BCUT2D eigenvalue weighted by molar-refractivity contribution is 5.95. The number of esters is 1. The molecule has 0 aromatic heterocycles. The molecule has 0 spiro atoms. The standard InChI is InChI=1S/C25H27N5O10/c1-13-22(24(32)39-5)23(28-25(33)27-13)14-6-7-17(18(8-14)36-2)40-12-21(31)29-26-11-15-9-19(37-3)20(38-4)10-16(15)30(34)35/h6-11,23H,12H2,1-5H3,(H,29,31)(H2,27,28,33). The van der Waals surface area contributed by atoms with Crippen molar-refractivity contribution in [2.45, 2.75) is 13.0 Å². The predicted molar refractivity (Wildman–Crippen MR) is 140 cm³/mol. The topological polar surface area (TPSA) is 189 Å². The van der Waals surface area contributed by atoms with E-state index in [1.165, 1.54) is 46.6 Å². The Hall–Kier alpha value is -5.34. The van der Waals surface area contributed by atoms with E-state index in [0.717, 1.165) is 6.21 Å². The zero-order chi connectivity index (χ0) is 29.4. The quantitative estimate of drug-likeness (QED) is 0.159. The van der Waals surface area contributed by atoms with E-state index >= 15 is 0 Å². The number of hydrazone groups is 1. The summed E-state index contributed by atoms with van der Waals surface area (Å²) in [6.07, 6.45) is 1.09. The van der Waals surface area contributed by atoms with E-state index in [0.29, 0.717) is 11.3 Å². The minimum Gasteiger partial charge on any atom is -0.493 e. The molecule has 40 heavy (non-hydrogen) atoms. The maximum absolute atomic E-state index is 12.3. The Balaban J connectivity index is 1.71. The molecule has 0 fully saturated rings. The Morgan fingerprint density at radius 2 is 1.70 bits per heavy atom. The fraction of sp³-hybridized carbons (Fsp3) is 0.280. The van der Waals surface area contributed by atoms with Gasteiger partial charge in [-0.05, 0) is 30.7 Å². The first-order valence-corrected chi connectivity index (χ1v) is 11.5. The Kier molecular flexibility index (Phi) is 9.46. The Morgan fingerprint density at radius 1 is 1.05 bits per heavy atom. The van der Waals surface area contributed by atoms with Gasteiger partial charge in [-0.2, -0.15) is 5.10 Å². The predicted octanol–water partition coefficient (Wildman–Crippen LogP) is 1.95. The second-order valence-electron chi connectivity index (χ2n) is 8.08. The van der Waals surface area contributed by atoms with Crippen molar-refractivity contribution in [2.75, 3.05) is 35.0 Å². The van der Waals surface area contributed by atoms with E-state index < -0.39 is 35.5 Å². The van der Waals surface area contributed by atoms with Gasteiger partial charge >= 0.3 is 12.0 Å². The normalized spacial score (nSPS) is 14.6. The number of carbonyl (C=O) groups excluding carboxylic acids is 3. The van der Waals surface area contributed by atoms with Gasteiger partial charge in [0.1, 0.15) is 0 Å². The van der Waals surface area contributed by atoms with E-state index in [-0.39, 0.29) is 39.8 Å². The summed E-state index contributed by atoms with van der Waals surface area (Å²) < 4.78 is 26.0. The van der Waals surface area contributed by atoms with Crippen LogP contribution in [0.25, 0.3) is 0 Å². The number of nitro benzene ring substituents is 1. The summed E-state index contributed by atoms with van der Waals surface area (Å²) >= 11 is 0. The van der Waals surface area contributed by atoms with Crippen molar-refractivity contribution in [3.05, 3.63) is 62.8 Å². The van der Waals surface area contributed by atoms with Crippen molar-refractivity contribution in [1.29, 1.82) is 0 Å². The van der Waals surface area contributed by atoms with Gasteiger partial charge in [-0.15, -0.1) is 0 Å². The number of hydrogen-bond donors (Lipinski definition) is 3. The summed E-state index contributed by atoms with van der Waals surface area (Å²) in [7, 11) is 5.34. The van der Waals surface area contributed by atoms with Gasteiger partial charge in [0.25, 0.3) is 11.6 Å². The minimum atomic E-state index is -0.817. The molecule has 1 unspecified atom stereocenters. The lowest BCUT2D eigenvalue weighted by atomic mass is 9.95. The summed E-state index contributed by atoms with van der Waals surface area (Å²) in [5.74, 6) is -0.453. The highest BCUT2D eigenvalue weighted by Crippen LogP contribution is 2.35. The first-order valence-electron chi connectivity index (χ1n) is 11.5. The van der Waals surface area contributed by atoms with Gasteiger partial charge in [0.2, 0.25) is 0 Å². The number of carbonyl (C=O) groups is 3. The number of benzene rings is 2. The monoisotopic (exact) mass is 557 g/mol.